The van der Waals surface area contributed by atoms with Crippen LogP contribution in [0.3, 0.4) is 0 Å². The van der Waals surface area contributed by atoms with Crippen molar-refractivity contribution in [3.8, 4) is 11.3 Å². The lowest BCUT2D eigenvalue weighted by Crippen LogP contribution is -1.81. The molecular formula is C9H5ClN4S. The summed E-state index contributed by atoms with van der Waals surface area (Å²) in [5.74, 6) is 0. The Bertz CT molecular complexity index is 602. The third-order valence-electron chi connectivity index (χ3n) is 2.11. The molecule has 0 amide bonds. The Balaban J connectivity index is 2.37. The van der Waals surface area contributed by atoms with E-state index in [9.17, 15) is 0 Å². The molecule has 0 unspecified atom stereocenters. The largest absolute Gasteiger partial charge is 0.275 e. The third-order valence-corrected chi connectivity index (χ3v) is 3.08. The number of rotatable bonds is 1. The summed E-state index contributed by atoms with van der Waals surface area (Å²) in [5.41, 5.74) is 2.52. The summed E-state index contributed by atoms with van der Waals surface area (Å²) in [6.45, 7) is 0. The van der Waals surface area contributed by atoms with Crippen molar-refractivity contribution in [2.24, 2.45) is 0 Å². The highest BCUT2D eigenvalue weighted by molar-refractivity contribution is 7.08. The molecule has 0 aliphatic carbocycles. The normalized spacial score (nSPS) is 11.0. The Labute approximate surface area is 94.0 Å². The second kappa shape index (κ2) is 3.29. The van der Waals surface area contributed by atoms with Gasteiger partial charge in [-0.25, -0.2) is 9.97 Å². The van der Waals surface area contributed by atoms with Gasteiger partial charge in [-0.2, -0.15) is 16.4 Å². The van der Waals surface area contributed by atoms with Gasteiger partial charge in [0.25, 0.3) is 0 Å². The second-order valence-corrected chi connectivity index (χ2v) is 4.11. The molecule has 3 aromatic heterocycles. The fraction of sp³-hybridized carbons (Fsp3) is 0. The number of thiophene rings is 1. The molecule has 4 nitrogen and oxygen atoms in total. The predicted octanol–water partition coefficient (Wildman–Crippen LogP) is 2.73. The van der Waals surface area contributed by atoms with Crippen molar-refractivity contribution in [1.29, 1.82) is 0 Å². The molecule has 0 spiro atoms. The minimum absolute atomic E-state index is 0.426. The standard InChI is InChI=1S/C9H5ClN4S/c10-8-6-7(5-1-2-15-3-5)13-14-9(6)12-4-11-8/h1-4H,(H,11,12,13,14). The van der Waals surface area contributed by atoms with E-state index in [4.69, 9.17) is 11.6 Å². The first-order valence-electron chi connectivity index (χ1n) is 4.23. The first-order chi connectivity index (χ1) is 7.36. The maximum Gasteiger partial charge on any atom is 0.186 e. The third kappa shape index (κ3) is 1.32. The molecule has 0 radical (unpaired) electrons. The molecule has 0 aliphatic rings. The van der Waals surface area contributed by atoms with Gasteiger partial charge >= 0.3 is 0 Å². The van der Waals surface area contributed by atoms with E-state index in [-0.39, 0.29) is 0 Å². The predicted molar refractivity (Wildman–Crippen MR) is 60.0 cm³/mol. The molecule has 0 aromatic carbocycles. The number of hydrogen-bond acceptors (Lipinski definition) is 4. The second-order valence-electron chi connectivity index (χ2n) is 2.97. The summed E-state index contributed by atoms with van der Waals surface area (Å²) in [4.78, 5) is 7.99. The van der Waals surface area contributed by atoms with Gasteiger partial charge in [0.15, 0.2) is 5.65 Å². The highest BCUT2D eigenvalue weighted by Gasteiger charge is 2.12. The number of nitrogens with one attached hydrogen (secondary N) is 1. The SMILES string of the molecule is Clc1ncnc2n[nH]c(-c3ccsc3)c12. The zero-order valence-electron chi connectivity index (χ0n) is 7.44. The quantitative estimate of drug-likeness (QED) is 0.661. The summed E-state index contributed by atoms with van der Waals surface area (Å²) >= 11 is 7.63. The Kier molecular flexibility index (Phi) is 1.93. The number of nitrogens with zero attached hydrogens (tertiary/aromatic N) is 3. The van der Waals surface area contributed by atoms with Crippen LogP contribution in [0.4, 0.5) is 0 Å². The van der Waals surface area contributed by atoms with Crippen LogP contribution in [-0.4, -0.2) is 20.2 Å². The van der Waals surface area contributed by atoms with E-state index in [0.29, 0.717) is 10.8 Å². The van der Waals surface area contributed by atoms with Crippen molar-refractivity contribution in [2.75, 3.05) is 0 Å². The first-order valence-corrected chi connectivity index (χ1v) is 5.55. The van der Waals surface area contributed by atoms with Gasteiger partial charge in [-0.05, 0) is 11.4 Å². The Morgan fingerprint density at radius 2 is 2.27 bits per heavy atom. The number of halogens is 1. The summed E-state index contributed by atoms with van der Waals surface area (Å²) in [5, 5.41) is 12.2. The van der Waals surface area contributed by atoms with Crippen molar-refractivity contribution in [3.05, 3.63) is 28.3 Å². The van der Waals surface area contributed by atoms with Crippen molar-refractivity contribution >= 4 is 34.0 Å². The fourth-order valence-electron chi connectivity index (χ4n) is 1.44. The highest BCUT2D eigenvalue weighted by atomic mass is 35.5. The monoisotopic (exact) mass is 236 g/mol. The molecular weight excluding hydrogens is 232 g/mol. The van der Waals surface area contributed by atoms with E-state index >= 15 is 0 Å². The van der Waals surface area contributed by atoms with E-state index in [1.807, 2.05) is 16.8 Å². The molecule has 3 heterocycles. The molecule has 0 aliphatic heterocycles. The average molecular weight is 237 g/mol. The van der Waals surface area contributed by atoms with Gasteiger partial charge in [0.2, 0.25) is 0 Å². The lowest BCUT2D eigenvalue weighted by molar-refractivity contribution is 1.09. The van der Waals surface area contributed by atoms with Crippen molar-refractivity contribution in [1.82, 2.24) is 20.2 Å². The van der Waals surface area contributed by atoms with Crippen LogP contribution in [-0.2, 0) is 0 Å². The lowest BCUT2D eigenvalue weighted by atomic mass is 10.2. The molecule has 3 rings (SSSR count). The van der Waals surface area contributed by atoms with Crippen molar-refractivity contribution < 1.29 is 0 Å². The van der Waals surface area contributed by atoms with Crippen LogP contribution in [0.25, 0.3) is 22.3 Å². The number of hydrogen-bond donors (Lipinski definition) is 1. The maximum atomic E-state index is 6.01. The summed E-state index contributed by atoms with van der Waals surface area (Å²) in [6, 6.07) is 2.00. The smallest absolute Gasteiger partial charge is 0.186 e. The molecule has 0 bridgehead atoms. The molecule has 74 valence electrons. The zero-order valence-corrected chi connectivity index (χ0v) is 9.01. The molecule has 0 saturated carbocycles. The summed E-state index contributed by atoms with van der Waals surface area (Å²) < 4.78 is 0. The zero-order chi connectivity index (χ0) is 10.3. The van der Waals surface area contributed by atoms with E-state index in [1.165, 1.54) is 6.33 Å². The highest BCUT2D eigenvalue weighted by Crippen LogP contribution is 2.30. The van der Waals surface area contributed by atoms with Crippen LogP contribution in [0.5, 0.6) is 0 Å². The summed E-state index contributed by atoms with van der Waals surface area (Å²) in [7, 11) is 0. The van der Waals surface area contributed by atoms with Crippen LogP contribution >= 0.6 is 22.9 Å². The Morgan fingerprint density at radius 1 is 1.33 bits per heavy atom. The number of H-pyrrole nitrogens is 1. The van der Waals surface area contributed by atoms with Gasteiger partial charge in [0.1, 0.15) is 11.5 Å². The van der Waals surface area contributed by atoms with Gasteiger partial charge in [-0.15, -0.1) is 0 Å². The number of aromatic nitrogens is 4. The van der Waals surface area contributed by atoms with Crippen LogP contribution in [0.1, 0.15) is 0 Å². The van der Waals surface area contributed by atoms with E-state index in [2.05, 4.69) is 20.2 Å². The molecule has 1 N–H and O–H groups in total. The minimum Gasteiger partial charge on any atom is -0.275 e. The van der Waals surface area contributed by atoms with E-state index < -0.39 is 0 Å². The van der Waals surface area contributed by atoms with Crippen LogP contribution in [0.15, 0.2) is 23.2 Å². The van der Waals surface area contributed by atoms with E-state index in [0.717, 1.165) is 16.6 Å². The number of aromatic amines is 1. The molecule has 0 fully saturated rings. The summed E-state index contributed by atoms with van der Waals surface area (Å²) in [6.07, 6.45) is 1.41. The minimum atomic E-state index is 0.426. The van der Waals surface area contributed by atoms with Crippen molar-refractivity contribution in [3.63, 3.8) is 0 Å². The van der Waals surface area contributed by atoms with Crippen LogP contribution < -0.4 is 0 Å². The lowest BCUT2D eigenvalue weighted by Gasteiger charge is -1.94. The fourth-order valence-corrected chi connectivity index (χ4v) is 2.31. The molecule has 3 aromatic rings. The molecule has 0 atom stereocenters. The van der Waals surface area contributed by atoms with Crippen LogP contribution in [0, 0.1) is 0 Å². The van der Waals surface area contributed by atoms with Gasteiger partial charge in [0.05, 0.1) is 11.1 Å². The maximum absolute atomic E-state index is 6.01. The van der Waals surface area contributed by atoms with E-state index in [1.54, 1.807) is 11.3 Å². The Morgan fingerprint density at radius 3 is 3.07 bits per heavy atom. The van der Waals surface area contributed by atoms with Gasteiger partial charge in [-0.1, -0.05) is 11.6 Å². The van der Waals surface area contributed by atoms with Crippen molar-refractivity contribution in [2.45, 2.75) is 0 Å². The average Bonchev–Trinajstić information content (AvgIpc) is 2.85. The first kappa shape index (κ1) is 8.82. The van der Waals surface area contributed by atoms with Gasteiger partial charge in [0, 0.05) is 10.9 Å². The van der Waals surface area contributed by atoms with Gasteiger partial charge in [-0.3, -0.25) is 5.10 Å². The topological polar surface area (TPSA) is 54.5 Å². The van der Waals surface area contributed by atoms with Gasteiger partial charge < -0.3 is 0 Å². The van der Waals surface area contributed by atoms with Crippen LogP contribution in [0.2, 0.25) is 5.15 Å². The molecule has 0 saturated heterocycles. The molecule has 6 heteroatoms. The molecule has 15 heavy (non-hydrogen) atoms. The Hall–Kier alpha value is -1.46. The number of fused-ring (bicyclic) bond motifs is 1.